The fraction of sp³-hybridized carbons (Fsp3) is 0.357. The van der Waals surface area contributed by atoms with Crippen LogP contribution >= 0.6 is 23.5 Å². The Morgan fingerprint density at radius 1 is 1.52 bits per heavy atom. The summed E-state index contributed by atoms with van der Waals surface area (Å²) in [5.74, 6) is 2.27. The highest BCUT2D eigenvalue weighted by atomic mass is 32.2. The van der Waals surface area contributed by atoms with Gasteiger partial charge in [0.05, 0.1) is 5.69 Å². The van der Waals surface area contributed by atoms with E-state index in [0.717, 1.165) is 36.4 Å². The summed E-state index contributed by atoms with van der Waals surface area (Å²) in [4.78, 5) is 2.07. The van der Waals surface area contributed by atoms with E-state index in [4.69, 9.17) is 11.0 Å². The van der Waals surface area contributed by atoms with E-state index >= 15 is 0 Å². The molecule has 2 rings (SSSR count). The van der Waals surface area contributed by atoms with Crippen molar-refractivity contribution in [3.05, 3.63) is 35.9 Å². The first kappa shape index (κ1) is 15.9. The largest absolute Gasteiger partial charge is 0.400 e. The van der Waals surface area contributed by atoms with Gasteiger partial charge in [0, 0.05) is 47.9 Å². The van der Waals surface area contributed by atoms with Gasteiger partial charge in [-0.3, -0.25) is 0 Å². The quantitative estimate of drug-likeness (QED) is 0.812. The number of halogens is 1. The van der Waals surface area contributed by atoms with Crippen LogP contribution in [0, 0.1) is 16.5 Å². The van der Waals surface area contributed by atoms with Crippen LogP contribution in [0.3, 0.4) is 0 Å². The predicted molar refractivity (Wildman–Crippen MR) is 89.9 cm³/mol. The molecule has 0 aromatic heterocycles. The first-order valence-corrected chi connectivity index (χ1v) is 8.69. The second-order valence-electron chi connectivity index (χ2n) is 4.51. The van der Waals surface area contributed by atoms with Crippen molar-refractivity contribution in [1.29, 1.82) is 5.26 Å². The molecular weight excluding hydrogens is 307 g/mol. The van der Waals surface area contributed by atoms with Crippen molar-refractivity contribution >= 4 is 34.9 Å². The van der Waals surface area contributed by atoms with Crippen molar-refractivity contribution in [2.45, 2.75) is 0 Å². The molecule has 0 spiro atoms. The Hall–Kier alpha value is -1.52. The third kappa shape index (κ3) is 4.76. The van der Waals surface area contributed by atoms with Crippen molar-refractivity contribution in [2.24, 2.45) is 5.73 Å². The molecule has 1 aromatic carbocycles. The fourth-order valence-electron chi connectivity index (χ4n) is 1.99. The maximum Gasteiger partial charge on any atom is 0.148 e. The van der Waals surface area contributed by atoms with Crippen LogP contribution in [0.1, 0.15) is 0 Å². The monoisotopic (exact) mass is 324 g/mol. The Labute approximate surface area is 132 Å². The number of thioether (sulfide) groups is 2. The van der Waals surface area contributed by atoms with Crippen LogP contribution in [0.25, 0.3) is 0 Å². The number of anilines is 2. The molecule has 1 aromatic rings. The summed E-state index contributed by atoms with van der Waals surface area (Å²) in [6, 6.07) is 5.10. The number of nitrogens with two attached hydrogens (primary N) is 1. The van der Waals surface area contributed by atoms with Crippen LogP contribution in [0.5, 0.6) is 0 Å². The first-order valence-electron chi connectivity index (χ1n) is 6.55. The zero-order chi connectivity index (χ0) is 15.1. The maximum atomic E-state index is 14.2. The molecular formula is C14H17FN4S2. The van der Waals surface area contributed by atoms with Gasteiger partial charge in [-0.1, -0.05) is 0 Å². The van der Waals surface area contributed by atoms with Gasteiger partial charge in [-0.05, 0) is 30.0 Å². The van der Waals surface area contributed by atoms with Crippen molar-refractivity contribution in [3.8, 4) is 5.40 Å². The van der Waals surface area contributed by atoms with Gasteiger partial charge in [-0.25, -0.2) is 4.39 Å². The topological polar surface area (TPSA) is 65.1 Å². The van der Waals surface area contributed by atoms with Gasteiger partial charge >= 0.3 is 0 Å². The number of nitrogens with zero attached hydrogens (tertiary/aromatic N) is 2. The van der Waals surface area contributed by atoms with E-state index in [1.807, 2.05) is 23.2 Å². The summed E-state index contributed by atoms with van der Waals surface area (Å²) >= 11 is 2.96. The third-order valence-corrected chi connectivity index (χ3v) is 4.58. The molecule has 1 heterocycles. The van der Waals surface area contributed by atoms with E-state index in [1.54, 1.807) is 12.3 Å². The molecule has 0 saturated carbocycles. The molecule has 4 nitrogen and oxygen atoms in total. The van der Waals surface area contributed by atoms with Gasteiger partial charge in [0.15, 0.2) is 0 Å². The van der Waals surface area contributed by atoms with Gasteiger partial charge in [-0.2, -0.15) is 17.0 Å². The lowest BCUT2D eigenvalue weighted by Gasteiger charge is -2.28. The minimum Gasteiger partial charge on any atom is -0.400 e. The zero-order valence-electron chi connectivity index (χ0n) is 11.5. The zero-order valence-corrected chi connectivity index (χ0v) is 13.1. The standard InChI is InChI=1S/C14H17FN4S2/c15-13-7-12(18-8-11(17)9-21-10-16)1-2-14(13)19-3-5-20-6-4-19/h1-2,7-8,18H,3-6,9,17H2/b11-8-. The number of hydrogen-bond acceptors (Lipinski definition) is 6. The molecule has 0 aliphatic carbocycles. The van der Waals surface area contributed by atoms with E-state index in [9.17, 15) is 4.39 Å². The van der Waals surface area contributed by atoms with E-state index in [0.29, 0.717) is 22.8 Å². The molecule has 0 unspecified atom stereocenters. The molecule has 0 atom stereocenters. The highest BCUT2D eigenvalue weighted by Gasteiger charge is 2.14. The molecule has 0 amide bonds. The van der Waals surface area contributed by atoms with E-state index in [2.05, 4.69) is 10.2 Å². The van der Waals surface area contributed by atoms with Crippen LogP contribution in [0.15, 0.2) is 30.1 Å². The summed E-state index contributed by atoms with van der Waals surface area (Å²) in [5.41, 5.74) is 7.55. The molecule has 1 aliphatic heterocycles. The highest BCUT2D eigenvalue weighted by molar-refractivity contribution is 8.03. The van der Waals surface area contributed by atoms with Crippen molar-refractivity contribution in [3.63, 3.8) is 0 Å². The summed E-state index contributed by atoms with van der Waals surface area (Å²) in [5, 5.41) is 13.3. The van der Waals surface area contributed by atoms with Crippen LogP contribution < -0.4 is 16.0 Å². The minimum atomic E-state index is -0.231. The maximum absolute atomic E-state index is 14.2. The highest BCUT2D eigenvalue weighted by Crippen LogP contribution is 2.25. The molecule has 112 valence electrons. The molecule has 1 fully saturated rings. The third-order valence-electron chi connectivity index (χ3n) is 3.03. The molecule has 0 radical (unpaired) electrons. The first-order chi connectivity index (χ1) is 10.2. The van der Waals surface area contributed by atoms with Gasteiger partial charge in [0.1, 0.15) is 11.2 Å². The number of rotatable bonds is 5. The molecule has 1 saturated heterocycles. The lowest BCUT2D eigenvalue weighted by Crippen LogP contribution is -2.33. The van der Waals surface area contributed by atoms with Crippen molar-refractivity contribution in [2.75, 3.05) is 40.6 Å². The Kier molecular flexibility index (Phi) is 6.08. The molecule has 0 bridgehead atoms. The average Bonchev–Trinajstić information content (AvgIpc) is 2.52. The molecule has 7 heteroatoms. The lowest BCUT2D eigenvalue weighted by atomic mass is 10.2. The number of hydrogen-bond donors (Lipinski definition) is 2. The lowest BCUT2D eigenvalue weighted by molar-refractivity contribution is 0.620. The van der Waals surface area contributed by atoms with Crippen LogP contribution in [0.4, 0.5) is 15.8 Å². The second-order valence-corrected chi connectivity index (χ2v) is 6.49. The van der Waals surface area contributed by atoms with Gasteiger partial charge in [0.25, 0.3) is 0 Å². The van der Waals surface area contributed by atoms with E-state index in [-0.39, 0.29) is 5.82 Å². The van der Waals surface area contributed by atoms with Gasteiger partial charge < -0.3 is 16.0 Å². The van der Waals surface area contributed by atoms with Crippen LogP contribution in [-0.4, -0.2) is 30.3 Å². The summed E-state index contributed by atoms with van der Waals surface area (Å²) in [6.45, 7) is 1.76. The Morgan fingerprint density at radius 3 is 2.95 bits per heavy atom. The Balaban J connectivity index is 2.00. The Morgan fingerprint density at radius 2 is 2.29 bits per heavy atom. The number of thiocyanates is 1. The summed E-state index contributed by atoms with van der Waals surface area (Å²) < 4.78 is 14.2. The van der Waals surface area contributed by atoms with Crippen molar-refractivity contribution < 1.29 is 4.39 Å². The molecule has 21 heavy (non-hydrogen) atoms. The number of benzene rings is 1. The SMILES string of the molecule is N#CSC/C(N)=C/Nc1ccc(N2CCSCC2)c(F)c1. The van der Waals surface area contributed by atoms with E-state index < -0.39 is 0 Å². The molecule has 3 N–H and O–H groups in total. The smallest absolute Gasteiger partial charge is 0.148 e. The second kappa shape index (κ2) is 8.05. The normalized spacial score (nSPS) is 15.6. The number of nitrogens with one attached hydrogen (secondary N) is 1. The van der Waals surface area contributed by atoms with E-state index in [1.165, 1.54) is 6.07 Å². The van der Waals surface area contributed by atoms with Crippen LogP contribution in [-0.2, 0) is 0 Å². The van der Waals surface area contributed by atoms with Crippen molar-refractivity contribution in [1.82, 2.24) is 0 Å². The minimum absolute atomic E-state index is 0.231. The molecule has 1 aliphatic rings. The Bertz CT molecular complexity index is 550. The van der Waals surface area contributed by atoms with Crippen LogP contribution in [0.2, 0.25) is 0 Å². The predicted octanol–water partition coefficient (Wildman–Crippen LogP) is 2.81. The number of nitriles is 1. The summed E-state index contributed by atoms with van der Waals surface area (Å²) in [7, 11) is 0. The van der Waals surface area contributed by atoms with Gasteiger partial charge in [0.2, 0.25) is 0 Å². The van der Waals surface area contributed by atoms with Gasteiger partial charge in [-0.15, -0.1) is 0 Å². The fourth-order valence-corrected chi connectivity index (χ4v) is 3.21. The average molecular weight is 324 g/mol. The summed E-state index contributed by atoms with van der Waals surface area (Å²) in [6.07, 6.45) is 1.59.